The van der Waals surface area contributed by atoms with Gasteiger partial charge in [-0.2, -0.15) is 0 Å². The van der Waals surface area contributed by atoms with E-state index in [0.717, 1.165) is 48.1 Å². The van der Waals surface area contributed by atoms with E-state index in [4.69, 9.17) is 4.74 Å². The fourth-order valence-electron chi connectivity index (χ4n) is 4.07. The number of pyridine rings is 1. The van der Waals surface area contributed by atoms with Crippen LogP contribution in [0.2, 0.25) is 4.20 Å². The molecule has 0 N–H and O–H groups in total. The summed E-state index contributed by atoms with van der Waals surface area (Å²) in [5.41, 5.74) is 4.60. The fourth-order valence-corrected chi connectivity index (χ4v) is 4.37. The number of nitrogens with zero attached hydrogens (tertiary/aromatic N) is 2. The van der Waals surface area contributed by atoms with Gasteiger partial charge in [0, 0.05) is 11.6 Å². The number of carbonyl (C=O) groups is 1. The van der Waals surface area contributed by atoms with Crippen molar-refractivity contribution in [1.29, 1.82) is 0 Å². The molecule has 2 aromatic carbocycles. The number of likely N-dealkylation sites (tertiary alicyclic amines) is 1. The first kappa shape index (κ1) is 20.9. The number of aromatic nitrogens is 1. The molecule has 0 saturated carbocycles. The predicted molar refractivity (Wildman–Crippen MR) is 122 cm³/mol. The summed E-state index contributed by atoms with van der Waals surface area (Å²) in [6, 6.07) is 16.7. The molecule has 1 aliphatic rings. The van der Waals surface area contributed by atoms with Gasteiger partial charge in [-0.15, -0.1) is 0 Å². The van der Waals surface area contributed by atoms with Gasteiger partial charge in [-0.1, -0.05) is 18.2 Å². The molecule has 1 amide bonds. The third kappa shape index (κ3) is 4.39. The number of piperidine rings is 1. The van der Waals surface area contributed by atoms with Crippen molar-refractivity contribution in [3.63, 3.8) is 0 Å². The van der Waals surface area contributed by atoms with E-state index in [0.29, 0.717) is 0 Å². The average molecular weight is 462 g/mol. The summed E-state index contributed by atoms with van der Waals surface area (Å²) >= 11 is 2.47. The molecule has 154 valence electrons. The zero-order valence-corrected chi connectivity index (χ0v) is 19.6. The molecule has 2 radical (unpaired) electrons. The van der Waals surface area contributed by atoms with Crippen LogP contribution in [0, 0.1) is 6.92 Å². The van der Waals surface area contributed by atoms with Gasteiger partial charge in [0.25, 0.3) is 0 Å². The van der Waals surface area contributed by atoms with Gasteiger partial charge in [0.15, 0.2) is 0 Å². The predicted octanol–water partition coefficient (Wildman–Crippen LogP) is 4.95. The zero-order chi connectivity index (χ0) is 21.3. The van der Waals surface area contributed by atoms with Crippen molar-refractivity contribution in [3.8, 4) is 16.9 Å². The molecular weight excluding hydrogens is 435 g/mol. The van der Waals surface area contributed by atoms with Crippen LogP contribution in [-0.2, 0) is 4.79 Å². The Morgan fingerprint density at radius 1 is 1.10 bits per heavy atom. The normalized spacial score (nSPS) is 15.4. The van der Waals surface area contributed by atoms with Gasteiger partial charge in [-0.25, -0.2) is 0 Å². The Balaban J connectivity index is 1.42. The topological polar surface area (TPSA) is 42.4 Å². The zero-order valence-electron chi connectivity index (χ0n) is 17.8. The summed E-state index contributed by atoms with van der Waals surface area (Å²) in [4.78, 5) is 18.9. The summed E-state index contributed by atoms with van der Waals surface area (Å²) in [5.74, 6) is 1.08. The minimum Gasteiger partial charge on any atom is -0.256 e. The van der Waals surface area contributed by atoms with Gasteiger partial charge in [-0.3, -0.25) is 4.98 Å². The first-order chi connectivity index (χ1) is 14.3. The van der Waals surface area contributed by atoms with E-state index in [9.17, 15) is 4.79 Å². The minimum atomic E-state index is -0.382. The summed E-state index contributed by atoms with van der Waals surface area (Å²) in [7, 11) is 0. The molecule has 4 nitrogen and oxygen atoms in total. The molecule has 5 heteroatoms. The molecule has 1 fully saturated rings. The van der Waals surface area contributed by atoms with Crippen molar-refractivity contribution in [2.45, 2.75) is 43.9 Å². The molecule has 1 aromatic heterocycles. The van der Waals surface area contributed by atoms with E-state index in [1.165, 1.54) is 11.1 Å². The molecule has 1 saturated heterocycles. The Hall–Kier alpha value is -2.32. The second-order valence-electron chi connectivity index (χ2n) is 8.51. The number of benzene rings is 2. The van der Waals surface area contributed by atoms with Crippen molar-refractivity contribution in [2.24, 2.45) is 0 Å². The molecule has 4 rings (SSSR count). The van der Waals surface area contributed by atoms with Crippen molar-refractivity contribution in [3.05, 3.63) is 60.3 Å². The largest absolute Gasteiger partial charge is 0.256 e. The Labute approximate surface area is 187 Å². The van der Waals surface area contributed by atoms with Crippen molar-refractivity contribution >= 4 is 33.7 Å². The number of carbonyl (C=O) groups excluding carboxylic acids is 1. The van der Waals surface area contributed by atoms with Crippen LogP contribution in [0.15, 0.2) is 54.7 Å². The quantitative estimate of drug-likeness (QED) is 0.516. The SMILES string of the molecule is Cc1c(-c2ccc(OC3CCN(C(=O)C(C)(C)[As])CC3)cc2)ccc2cccnc12. The molecule has 2 heterocycles. The maximum absolute atomic E-state index is 12.4. The van der Waals surface area contributed by atoms with Crippen LogP contribution in [0.4, 0.5) is 0 Å². The monoisotopic (exact) mass is 462 g/mol. The number of rotatable bonds is 4. The van der Waals surface area contributed by atoms with E-state index >= 15 is 0 Å². The third-order valence-electron chi connectivity index (χ3n) is 5.75. The second kappa shape index (κ2) is 8.43. The van der Waals surface area contributed by atoms with Crippen LogP contribution in [0.25, 0.3) is 22.0 Å². The van der Waals surface area contributed by atoms with Gasteiger partial charge in [0.2, 0.25) is 0 Å². The van der Waals surface area contributed by atoms with Gasteiger partial charge in [0.1, 0.15) is 0 Å². The van der Waals surface area contributed by atoms with E-state index in [1.54, 1.807) is 0 Å². The van der Waals surface area contributed by atoms with Crippen LogP contribution in [0.1, 0.15) is 32.3 Å². The van der Waals surface area contributed by atoms with Crippen molar-refractivity contribution in [2.75, 3.05) is 13.1 Å². The van der Waals surface area contributed by atoms with E-state index in [-0.39, 0.29) is 16.2 Å². The van der Waals surface area contributed by atoms with Gasteiger partial charge in [-0.05, 0) is 18.6 Å². The summed E-state index contributed by atoms with van der Waals surface area (Å²) in [6.07, 6.45) is 3.73. The minimum absolute atomic E-state index is 0.154. The second-order valence-corrected chi connectivity index (χ2v) is 10.9. The van der Waals surface area contributed by atoms with Crippen LogP contribution >= 0.6 is 0 Å². The van der Waals surface area contributed by atoms with Crippen LogP contribution in [-0.4, -0.2) is 51.8 Å². The number of ether oxygens (including phenoxy) is 1. The molecule has 3 aromatic rings. The Morgan fingerprint density at radius 2 is 1.80 bits per heavy atom. The van der Waals surface area contributed by atoms with Crippen molar-refractivity contribution in [1.82, 2.24) is 9.88 Å². The molecule has 0 aliphatic carbocycles. The fraction of sp³-hybridized carbons (Fsp3) is 0.360. The number of aryl methyl sites for hydroxylation is 1. The molecule has 0 spiro atoms. The van der Waals surface area contributed by atoms with Crippen LogP contribution < -0.4 is 4.74 Å². The maximum Gasteiger partial charge on any atom is 0.0737 e. The molecule has 0 bridgehead atoms. The molecule has 30 heavy (non-hydrogen) atoms. The molecule has 0 atom stereocenters. The number of fused-ring (bicyclic) bond motifs is 1. The number of hydrogen-bond acceptors (Lipinski definition) is 3. The molecule has 1 aliphatic heterocycles. The first-order valence-corrected chi connectivity index (χ1v) is 11.4. The van der Waals surface area contributed by atoms with E-state index in [2.05, 4.69) is 59.1 Å². The summed E-state index contributed by atoms with van der Waals surface area (Å²) < 4.78 is 5.82. The van der Waals surface area contributed by atoms with Gasteiger partial charge >= 0.3 is 128 Å². The van der Waals surface area contributed by atoms with Gasteiger partial charge < -0.3 is 0 Å². The number of amides is 1. The smallest absolute Gasteiger partial charge is 0.0737 e. The van der Waals surface area contributed by atoms with Crippen molar-refractivity contribution < 1.29 is 9.53 Å². The molecular formula is C25H27AsN2O2. The molecule has 0 unspecified atom stereocenters. The Morgan fingerprint density at radius 3 is 2.47 bits per heavy atom. The van der Waals surface area contributed by atoms with E-state index in [1.807, 2.05) is 43.1 Å². The Bertz CT molecular complexity index is 1050. The van der Waals surface area contributed by atoms with E-state index < -0.39 is 0 Å². The van der Waals surface area contributed by atoms with Crippen LogP contribution in [0.5, 0.6) is 5.75 Å². The average Bonchev–Trinajstić information content (AvgIpc) is 2.74. The summed E-state index contributed by atoms with van der Waals surface area (Å²) in [6.45, 7) is 7.54. The summed E-state index contributed by atoms with van der Waals surface area (Å²) in [5, 5.41) is 1.16. The number of hydrogen-bond donors (Lipinski definition) is 0. The maximum atomic E-state index is 12.4. The first-order valence-electron chi connectivity index (χ1n) is 10.5. The van der Waals surface area contributed by atoms with Crippen LogP contribution in [0.3, 0.4) is 0 Å². The van der Waals surface area contributed by atoms with Gasteiger partial charge in [0.05, 0.1) is 5.52 Å². The Kier molecular flexibility index (Phi) is 5.88. The standard InChI is InChI=1S/C25H27AsN2O2/c1-17-22(11-8-19-5-4-14-27-23(17)19)18-6-9-20(10-7-18)30-21-12-15-28(16-13-21)24(29)25(2,3)26/h4-11,14,21H,12-13,15-16H2,1-3H3. The third-order valence-corrected chi connectivity index (χ3v) is 6.15.